The van der Waals surface area contributed by atoms with E-state index in [1.165, 1.54) is 28.8 Å². The molecule has 0 atom stereocenters. The number of halogens is 2. The number of amides is 2. The fourth-order valence-electron chi connectivity index (χ4n) is 2.63. The Morgan fingerprint density at radius 1 is 1.15 bits per heavy atom. The molecule has 0 aliphatic carbocycles. The Morgan fingerprint density at radius 2 is 1.88 bits per heavy atom. The van der Waals surface area contributed by atoms with E-state index >= 15 is 0 Å². The summed E-state index contributed by atoms with van der Waals surface area (Å²) in [6.07, 6.45) is 3.09. The summed E-state index contributed by atoms with van der Waals surface area (Å²) >= 11 is 11.9. The number of carbonyl (C=O) groups is 1. The second kappa shape index (κ2) is 7.87. The van der Waals surface area contributed by atoms with Crippen LogP contribution in [0.2, 0.25) is 10.0 Å². The van der Waals surface area contributed by atoms with Crippen molar-refractivity contribution in [2.45, 2.75) is 11.4 Å². The molecule has 1 aromatic carbocycles. The maximum atomic E-state index is 12.8. The SMILES string of the molecule is O=C(NCc1ccoc1)N1CCN(S(=O)(=O)c2cc(Cl)ccc2Cl)CC1. The van der Waals surface area contributed by atoms with Gasteiger partial charge in [0.05, 0.1) is 17.5 Å². The van der Waals surface area contributed by atoms with Gasteiger partial charge in [-0.25, -0.2) is 13.2 Å². The van der Waals surface area contributed by atoms with Gasteiger partial charge in [-0.15, -0.1) is 0 Å². The number of benzene rings is 1. The maximum Gasteiger partial charge on any atom is 0.317 e. The van der Waals surface area contributed by atoms with Crippen molar-refractivity contribution >= 4 is 39.3 Å². The highest BCUT2D eigenvalue weighted by Gasteiger charge is 2.31. The monoisotopic (exact) mass is 417 g/mol. The van der Waals surface area contributed by atoms with Crippen molar-refractivity contribution in [1.29, 1.82) is 0 Å². The Balaban J connectivity index is 1.60. The second-order valence-corrected chi connectivity index (χ2v) is 8.51. The van der Waals surface area contributed by atoms with Crippen molar-refractivity contribution in [3.63, 3.8) is 0 Å². The molecule has 1 aliphatic rings. The maximum absolute atomic E-state index is 12.8. The van der Waals surface area contributed by atoms with Crippen LogP contribution in [0.5, 0.6) is 0 Å². The van der Waals surface area contributed by atoms with Gasteiger partial charge in [-0.1, -0.05) is 23.2 Å². The lowest BCUT2D eigenvalue weighted by Gasteiger charge is -2.34. The molecule has 2 heterocycles. The molecule has 2 amide bonds. The van der Waals surface area contributed by atoms with Gasteiger partial charge in [0.2, 0.25) is 10.0 Å². The van der Waals surface area contributed by atoms with E-state index < -0.39 is 10.0 Å². The molecule has 0 radical (unpaired) electrons. The summed E-state index contributed by atoms with van der Waals surface area (Å²) in [5, 5.41) is 3.19. The number of nitrogens with one attached hydrogen (secondary N) is 1. The van der Waals surface area contributed by atoms with Crippen molar-refractivity contribution in [2.24, 2.45) is 0 Å². The molecule has 10 heteroatoms. The third kappa shape index (κ3) is 4.15. The summed E-state index contributed by atoms with van der Waals surface area (Å²) < 4.78 is 31.8. The zero-order valence-electron chi connectivity index (χ0n) is 13.7. The van der Waals surface area contributed by atoms with E-state index in [0.29, 0.717) is 11.6 Å². The fraction of sp³-hybridized carbons (Fsp3) is 0.312. The first-order valence-electron chi connectivity index (χ1n) is 7.87. The largest absolute Gasteiger partial charge is 0.472 e. The summed E-state index contributed by atoms with van der Waals surface area (Å²) in [6, 6.07) is 5.84. The molecule has 0 unspecified atom stereocenters. The molecule has 0 spiro atoms. The Hall–Kier alpha value is -1.74. The Morgan fingerprint density at radius 3 is 2.54 bits per heavy atom. The number of nitrogens with zero attached hydrogens (tertiary/aromatic N) is 2. The quantitative estimate of drug-likeness (QED) is 0.828. The molecule has 3 rings (SSSR count). The molecule has 1 aliphatic heterocycles. The lowest BCUT2D eigenvalue weighted by molar-refractivity contribution is 0.172. The topological polar surface area (TPSA) is 82.9 Å². The highest BCUT2D eigenvalue weighted by molar-refractivity contribution is 7.89. The van der Waals surface area contributed by atoms with Crippen LogP contribution in [0, 0.1) is 0 Å². The first-order chi connectivity index (χ1) is 12.4. The molecule has 140 valence electrons. The van der Waals surface area contributed by atoms with E-state index in [1.807, 2.05) is 0 Å². The van der Waals surface area contributed by atoms with Crippen molar-refractivity contribution in [2.75, 3.05) is 26.2 Å². The molecular weight excluding hydrogens is 401 g/mol. The molecule has 2 aromatic rings. The van der Waals surface area contributed by atoms with Crippen molar-refractivity contribution in [3.05, 3.63) is 52.4 Å². The third-order valence-electron chi connectivity index (χ3n) is 4.06. The molecule has 26 heavy (non-hydrogen) atoms. The van der Waals surface area contributed by atoms with E-state index in [4.69, 9.17) is 27.6 Å². The average molecular weight is 418 g/mol. The highest BCUT2D eigenvalue weighted by Crippen LogP contribution is 2.28. The van der Waals surface area contributed by atoms with Crippen LogP contribution in [0.4, 0.5) is 4.79 Å². The lowest BCUT2D eigenvalue weighted by Crippen LogP contribution is -2.52. The fourth-order valence-corrected chi connectivity index (χ4v) is 4.79. The van der Waals surface area contributed by atoms with E-state index in [9.17, 15) is 13.2 Å². The minimum absolute atomic E-state index is 0.0236. The predicted molar refractivity (Wildman–Crippen MR) is 97.7 cm³/mol. The predicted octanol–water partition coefficient (Wildman–Crippen LogP) is 2.80. The minimum atomic E-state index is -3.77. The number of rotatable bonds is 4. The first kappa shape index (κ1) is 19.0. The number of furan rings is 1. The van der Waals surface area contributed by atoms with E-state index in [0.717, 1.165) is 5.56 Å². The molecule has 0 bridgehead atoms. The third-order valence-corrected chi connectivity index (χ3v) is 6.68. The van der Waals surface area contributed by atoms with Gasteiger partial charge in [0.15, 0.2) is 0 Å². The molecule has 1 saturated heterocycles. The van der Waals surface area contributed by atoms with Gasteiger partial charge in [-0.3, -0.25) is 0 Å². The summed E-state index contributed by atoms with van der Waals surface area (Å²) in [4.78, 5) is 13.7. The van der Waals surface area contributed by atoms with Crippen LogP contribution in [0.25, 0.3) is 0 Å². The Labute approximate surface area is 161 Å². The smallest absolute Gasteiger partial charge is 0.317 e. The normalized spacial score (nSPS) is 15.8. The number of hydrogen-bond donors (Lipinski definition) is 1. The highest BCUT2D eigenvalue weighted by atomic mass is 35.5. The van der Waals surface area contributed by atoms with Gasteiger partial charge in [0, 0.05) is 43.3 Å². The van der Waals surface area contributed by atoms with Crippen LogP contribution in [0.15, 0.2) is 46.1 Å². The van der Waals surface area contributed by atoms with E-state index in [2.05, 4.69) is 5.32 Å². The summed E-state index contributed by atoms with van der Waals surface area (Å²) in [7, 11) is -3.77. The van der Waals surface area contributed by atoms with Crippen molar-refractivity contribution in [3.8, 4) is 0 Å². The summed E-state index contributed by atoms with van der Waals surface area (Å²) in [5.74, 6) is 0. The van der Waals surface area contributed by atoms with Gasteiger partial charge < -0.3 is 14.6 Å². The standard InChI is InChI=1S/C16H17Cl2N3O4S/c17-13-1-2-14(18)15(9-13)26(23,24)21-6-4-20(5-7-21)16(22)19-10-12-3-8-25-11-12/h1-3,8-9,11H,4-7,10H2,(H,19,22). The number of sulfonamides is 1. The van der Waals surface area contributed by atoms with Crippen LogP contribution in [0.1, 0.15) is 5.56 Å². The van der Waals surface area contributed by atoms with Gasteiger partial charge in [0.1, 0.15) is 4.90 Å². The van der Waals surface area contributed by atoms with E-state index in [1.54, 1.807) is 17.2 Å². The summed E-state index contributed by atoms with van der Waals surface area (Å²) in [5.41, 5.74) is 0.857. The molecule has 1 fully saturated rings. The number of carbonyl (C=O) groups excluding carboxylic acids is 1. The van der Waals surface area contributed by atoms with Crippen LogP contribution in [0.3, 0.4) is 0 Å². The lowest BCUT2D eigenvalue weighted by atomic mass is 10.3. The van der Waals surface area contributed by atoms with E-state index in [-0.39, 0.29) is 42.1 Å². The van der Waals surface area contributed by atoms with Gasteiger partial charge in [0.25, 0.3) is 0 Å². The molecule has 1 aromatic heterocycles. The number of hydrogen-bond acceptors (Lipinski definition) is 4. The van der Waals surface area contributed by atoms with Crippen molar-refractivity contribution < 1.29 is 17.6 Å². The first-order valence-corrected chi connectivity index (χ1v) is 10.1. The zero-order valence-corrected chi connectivity index (χ0v) is 16.0. The Kier molecular flexibility index (Phi) is 5.76. The number of urea groups is 1. The van der Waals surface area contributed by atoms with Crippen molar-refractivity contribution in [1.82, 2.24) is 14.5 Å². The zero-order chi connectivity index (χ0) is 18.7. The van der Waals surface area contributed by atoms with Crippen LogP contribution in [-0.4, -0.2) is 49.8 Å². The Bertz CT molecular complexity index is 879. The average Bonchev–Trinajstić information content (AvgIpc) is 3.15. The van der Waals surface area contributed by atoms with Gasteiger partial charge in [-0.2, -0.15) is 4.31 Å². The van der Waals surface area contributed by atoms with Crippen LogP contribution >= 0.6 is 23.2 Å². The molecule has 0 saturated carbocycles. The minimum Gasteiger partial charge on any atom is -0.472 e. The second-order valence-electron chi connectivity index (χ2n) is 5.76. The van der Waals surface area contributed by atoms with Crippen LogP contribution < -0.4 is 5.32 Å². The molecular formula is C16H17Cl2N3O4S. The van der Waals surface area contributed by atoms with Crippen LogP contribution in [-0.2, 0) is 16.6 Å². The summed E-state index contributed by atoms with van der Waals surface area (Å²) in [6.45, 7) is 1.30. The molecule has 1 N–H and O–H groups in total. The van der Waals surface area contributed by atoms with Gasteiger partial charge >= 0.3 is 6.03 Å². The van der Waals surface area contributed by atoms with Gasteiger partial charge in [-0.05, 0) is 24.3 Å². The number of piperazine rings is 1. The molecule has 7 nitrogen and oxygen atoms in total.